The van der Waals surface area contributed by atoms with Crippen LogP contribution in [0.4, 0.5) is 5.82 Å². The van der Waals surface area contributed by atoms with Gasteiger partial charge in [-0.05, 0) is 36.8 Å². The lowest BCUT2D eigenvalue weighted by Crippen LogP contribution is -2.16. The number of aryl methyl sites for hydroxylation is 1. The Morgan fingerprint density at radius 1 is 0.879 bits per heavy atom. The van der Waals surface area contributed by atoms with Crippen LogP contribution in [-0.2, 0) is 11.2 Å². The summed E-state index contributed by atoms with van der Waals surface area (Å²) in [6, 6.07) is 25.3. The molecule has 1 amide bonds. The van der Waals surface area contributed by atoms with E-state index in [1.165, 1.54) is 0 Å². The van der Waals surface area contributed by atoms with Gasteiger partial charge in [-0.2, -0.15) is 0 Å². The summed E-state index contributed by atoms with van der Waals surface area (Å²) in [5.41, 5.74) is 5.27. The first-order valence-corrected chi connectivity index (χ1v) is 11.0. The minimum atomic E-state index is -0.132. The number of carbonyl (C=O) groups is 1. The van der Waals surface area contributed by atoms with Crippen LogP contribution in [0.2, 0.25) is 0 Å². The Bertz CT molecular complexity index is 1170. The lowest BCUT2D eigenvalue weighted by Gasteiger charge is -2.12. The van der Waals surface area contributed by atoms with Gasteiger partial charge in [0.2, 0.25) is 5.91 Å². The quantitative estimate of drug-likeness (QED) is 0.381. The average molecular weight is 440 g/mol. The standard InChI is InChI=1S/C26H23N3O2.C2H6/c1-18-8-10-19(11-9-18)16-24(30)29-26-25(21-6-4-3-5-7-21)28-23(17-27-26)20-12-14-22(31-2)15-13-20;1-2/h3-15,17H,16H2,1-2H3,(H,27,29,30);1-2H3. The molecule has 5 heteroatoms. The van der Waals surface area contributed by atoms with E-state index in [4.69, 9.17) is 9.72 Å². The van der Waals surface area contributed by atoms with Crippen molar-refractivity contribution in [1.29, 1.82) is 0 Å². The van der Waals surface area contributed by atoms with Crippen LogP contribution in [0.15, 0.2) is 85.1 Å². The smallest absolute Gasteiger partial charge is 0.230 e. The third-order valence-corrected chi connectivity index (χ3v) is 4.95. The van der Waals surface area contributed by atoms with E-state index in [-0.39, 0.29) is 12.3 Å². The van der Waals surface area contributed by atoms with Gasteiger partial charge in [0.15, 0.2) is 5.82 Å². The van der Waals surface area contributed by atoms with E-state index in [0.29, 0.717) is 11.5 Å². The predicted molar refractivity (Wildman–Crippen MR) is 134 cm³/mol. The van der Waals surface area contributed by atoms with E-state index >= 15 is 0 Å². The van der Waals surface area contributed by atoms with Gasteiger partial charge in [-0.15, -0.1) is 0 Å². The second-order valence-corrected chi connectivity index (χ2v) is 7.26. The number of anilines is 1. The molecular weight excluding hydrogens is 410 g/mol. The summed E-state index contributed by atoms with van der Waals surface area (Å²) < 4.78 is 5.23. The highest BCUT2D eigenvalue weighted by atomic mass is 16.5. The number of benzene rings is 3. The second kappa shape index (κ2) is 11.6. The van der Waals surface area contributed by atoms with Crippen molar-refractivity contribution in [2.75, 3.05) is 12.4 Å². The highest BCUT2D eigenvalue weighted by molar-refractivity contribution is 5.94. The molecule has 168 valence electrons. The molecule has 4 rings (SSSR count). The zero-order chi connectivity index (χ0) is 23.6. The average Bonchev–Trinajstić information content (AvgIpc) is 2.87. The zero-order valence-corrected chi connectivity index (χ0v) is 19.5. The van der Waals surface area contributed by atoms with Gasteiger partial charge >= 0.3 is 0 Å². The molecule has 3 aromatic carbocycles. The predicted octanol–water partition coefficient (Wildman–Crippen LogP) is 6.34. The van der Waals surface area contributed by atoms with Crippen LogP contribution in [0.5, 0.6) is 5.75 Å². The van der Waals surface area contributed by atoms with E-state index in [2.05, 4.69) is 10.3 Å². The Morgan fingerprint density at radius 2 is 1.55 bits per heavy atom. The largest absolute Gasteiger partial charge is 0.497 e. The first-order chi connectivity index (χ1) is 16.1. The van der Waals surface area contributed by atoms with Gasteiger partial charge in [0.1, 0.15) is 11.4 Å². The number of carbonyl (C=O) groups excluding carboxylic acids is 1. The summed E-state index contributed by atoms with van der Waals surface area (Å²) >= 11 is 0. The van der Waals surface area contributed by atoms with Gasteiger partial charge in [-0.25, -0.2) is 9.97 Å². The fraction of sp³-hybridized carbons (Fsp3) is 0.179. The molecule has 0 radical (unpaired) electrons. The van der Waals surface area contributed by atoms with Gasteiger partial charge < -0.3 is 10.1 Å². The van der Waals surface area contributed by atoms with Crippen LogP contribution >= 0.6 is 0 Å². The number of methoxy groups -OCH3 is 1. The third-order valence-electron chi connectivity index (χ3n) is 4.95. The molecule has 33 heavy (non-hydrogen) atoms. The minimum Gasteiger partial charge on any atom is -0.497 e. The summed E-state index contributed by atoms with van der Waals surface area (Å²) in [6.45, 7) is 6.02. The van der Waals surface area contributed by atoms with Crippen molar-refractivity contribution < 1.29 is 9.53 Å². The fourth-order valence-corrected chi connectivity index (χ4v) is 3.25. The Morgan fingerprint density at radius 3 is 2.18 bits per heavy atom. The highest BCUT2D eigenvalue weighted by Crippen LogP contribution is 2.28. The molecule has 0 fully saturated rings. The Balaban J connectivity index is 0.00000149. The topological polar surface area (TPSA) is 64.1 Å². The van der Waals surface area contributed by atoms with Gasteiger partial charge in [-0.1, -0.05) is 74.0 Å². The van der Waals surface area contributed by atoms with Crippen LogP contribution in [0.25, 0.3) is 22.5 Å². The number of hydrogen-bond acceptors (Lipinski definition) is 4. The lowest BCUT2D eigenvalue weighted by atomic mass is 10.1. The monoisotopic (exact) mass is 439 g/mol. The first kappa shape index (κ1) is 23.7. The SMILES string of the molecule is CC.COc1ccc(-c2cnc(NC(=O)Cc3ccc(C)cc3)c(-c3ccccc3)n2)cc1. The normalized spacial score (nSPS) is 10.1. The molecule has 0 aliphatic carbocycles. The summed E-state index contributed by atoms with van der Waals surface area (Å²) in [5, 5.41) is 2.94. The van der Waals surface area contributed by atoms with Crippen LogP contribution in [0.3, 0.4) is 0 Å². The molecular formula is C28H29N3O2. The molecule has 0 spiro atoms. The number of aromatic nitrogens is 2. The number of rotatable bonds is 6. The van der Waals surface area contributed by atoms with Gasteiger partial charge in [0.25, 0.3) is 0 Å². The maximum absolute atomic E-state index is 12.7. The van der Waals surface area contributed by atoms with E-state index in [0.717, 1.165) is 33.7 Å². The number of hydrogen-bond donors (Lipinski definition) is 1. The molecule has 1 aromatic heterocycles. The molecule has 1 N–H and O–H groups in total. The van der Waals surface area contributed by atoms with Crippen LogP contribution in [-0.4, -0.2) is 23.0 Å². The van der Waals surface area contributed by atoms with E-state index < -0.39 is 0 Å². The van der Waals surface area contributed by atoms with Crippen molar-refractivity contribution in [2.45, 2.75) is 27.2 Å². The van der Waals surface area contributed by atoms with Crippen molar-refractivity contribution in [3.05, 3.63) is 96.2 Å². The van der Waals surface area contributed by atoms with Gasteiger partial charge in [0.05, 0.1) is 25.4 Å². The number of nitrogens with one attached hydrogen (secondary N) is 1. The summed E-state index contributed by atoms with van der Waals surface area (Å²) in [4.78, 5) is 22.0. The minimum absolute atomic E-state index is 0.132. The van der Waals surface area contributed by atoms with Crippen molar-refractivity contribution >= 4 is 11.7 Å². The maximum Gasteiger partial charge on any atom is 0.230 e. The molecule has 0 saturated carbocycles. The number of ether oxygens (including phenoxy) is 1. The Kier molecular flexibility index (Phi) is 8.30. The Hall–Kier alpha value is -3.99. The summed E-state index contributed by atoms with van der Waals surface area (Å²) in [7, 11) is 1.64. The molecule has 0 aliphatic rings. The van der Waals surface area contributed by atoms with Crippen molar-refractivity contribution in [3.8, 4) is 28.3 Å². The van der Waals surface area contributed by atoms with Crippen molar-refractivity contribution in [1.82, 2.24) is 9.97 Å². The first-order valence-electron chi connectivity index (χ1n) is 11.0. The summed E-state index contributed by atoms with van der Waals surface area (Å²) in [5.74, 6) is 1.09. The van der Waals surface area contributed by atoms with E-state index in [1.807, 2.05) is 99.6 Å². The zero-order valence-electron chi connectivity index (χ0n) is 19.5. The van der Waals surface area contributed by atoms with Gasteiger partial charge in [0, 0.05) is 11.1 Å². The molecule has 0 atom stereocenters. The molecule has 1 heterocycles. The molecule has 0 bridgehead atoms. The van der Waals surface area contributed by atoms with Crippen LogP contribution in [0, 0.1) is 6.92 Å². The molecule has 0 aliphatic heterocycles. The number of nitrogens with zero attached hydrogens (tertiary/aromatic N) is 2. The molecule has 0 saturated heterocycles. The van der Waals surface area contributed by atoms with E-state index in [9.17, 15) is 4.79 Å². The van der Waals surface area contributed by atoms with Crippen molar-refractivity contribution in [2.24, 2.45) is 0 Å². The van der Waals surface area contributed by atoms with Gasteiger partial charge in [-0.3, -0.25) is 4.79 Å². The second-order valence-electron chi connectivity index (χ2n) is 7.26. The third kappa shape index (κ3) is 6.26. The molecule has 4 aromatic rings. The molecule has 5 nitrogen and oxygen atoms in total. The maximum atomic E-state index is 12.7. The van der Waals surface area contributed by atoms with Crippen LogP contribution in [0.1, 0.15) is 25.0 Å². The lowest BCUT2D eigenvalue weighted by molar-refractivity contribution is -0.115. The van der Waals surface area contributed by atoms with Crippen molar-refractivity contribution in [3.63, 3.8) is 0 Å². The van der Waals surface area contributed by atoms with E-state index in [1.54, 1.807) is 13.3 Å². The molecule has 0 unspecified atom stereocenters. The highest BCUT2D eigenvalue weighted by Gasteiger charge is 2.14. The number of amides is 1. The van der Waals surface area contributed by atoms with Crippen LogP contribution < -0.4 is 10.1 Å². The fourth-order valence-electron chi connectivity index (χ4n) is 3.25. The Labute approximate surface area is 195 Å². The summed E-state index contributed by atoms with van der Waals surface area (Å²) in [6.07, 6.45) is 1.95.